The number of hydrogen-bond acceptors (Lipinski definition) is 4. The van der Waals surface area contributed by atoms with Gasteiger partial charge in [-0.05, 0) is 13.0 Å². The van der Waals surface area contributed by atoms with Crippen LogP contribution in [0.3, 0.4) is 0 Å². The van der Waals surface area contributed by atoms with E-state index in [4.69, 9.17) is 19.7 Å². The Labute approximate surface area is 106 Å². The number of ether oxygens (including phenoxy) is 2. The summed E-state index contributed by atoms with van der Waals surface area (Å²) in [6.45, 7) is 2.22. The molecular formula is C13H18O5. The third kappa shape index (κ3) is 4.35. The van der Waals surface area contributed by atoms with E-state index in [-0.39, 0.29) is 19.6 Å². The predicted molar refractivity (Wildman–Crippen MR) is 65.5 cm³/mol. The normalized spacial score (nSPS) is 12.1. The highest BCUT2D eigenvalue weighted by Crippen LogP contribution is 2.18. The number of aliphatic hydroxyl groups is 1. The number of benzene rings is 1. The minimum Gasteiger partial charge on any atom is -0.493 e. The molecule has 1 unspecified atom stereocenters. The summed E-state index contributed by atoms with van der Waals surface area (Å²) >= 11 is 0. The number of aliphatic carboxylic acids is 1. The Morgan fingerprint density at radius 1 is 1.39 bits per heavy atom. The Kier molecular flexibility index (Phi) is 6.18. The fourth-order valence-corrected chi connectivity index (χ4v) is 1.53. The number of aliphatic hydroxyl groups excluding tert-OH is 1. The lowest BCUT2D eigenvalue weighted by Crippen LogP contribution is -2.26. The first kappa shape index (κ1) is 14.5. The van der Waals surface area contributed by atoms with Gasteiger partial charge in [0.2, 0.25) is 0 Å². The number of hydrogen-bond donors (Lipinski definition) is 2. The summed E-state index contributed by atoms with van der Waals surface area (Å²) in [4.78, 5) is 10.8. The molecule has 1 atom stereocenters. The number of para-hydroxylation sites is 1. The van der Waals surface area contributed by atoms with Gasteiger partial charge in [-0.2, -0.15) is 0 Å². The zero-order valence-corrected chi connectivity index (χ0v) is 10.3. The van der Waals surface area contributed by atoms with Crippen LogP contribution in [0.1, 0.15) is 18.9 Å². The van der Waals surface area contributed by atoms with Crippen LogP contribution >= 0.6 is 0 Å². The number of carbonyl (C=O) groups is 1. The van der Waals surface area contributed by atoms with E-state index in [1.54, 1.807) is 31.2 Å². The van der Waals surface area contributed by atoms with E-state index in [0.717, 1.165) is 0 Å². The van der Waals surface area contributed by atoms with E-state index in [2.05, 4.69) is 0 Å². The van der Waals surface area contributed by atoms with Gasteiger partial charge in [-0.25, -0.2) is 4.79 Å². The summed E-state index contributed by atoms with van der Waals surface area (Å²) in [5.41, 5.74) is 0.681. The van der Waals surface area contributed by atoms with Gasteiger partial charge in [0.1, 0.15) is 5.75 Å². The molecule has 5 nitrogen and oxygen atoms in total. The molecule has 2 N–H and O–H groups in total. The Hall–Kier alpha value is -1.59. The molecule has 0 spiro atoms. The number of rotatable bonds is 8. The summed E-state index contributed by atoms with van der Waals surface area (Å²) in [6, 6.07) is 7.10. The van der Waals surface area contributed by atoms with Crippen molar-refractivity contribution in [2.45, 2.75) is 26.1 Å². The fraction of sp³-hybridized carbons (Fsp3) is 0.462. The SMILES string of the molecule is CCOC(CCOc1ccccc1CO)C(=O)O. The molecule has 0 saturated heterocycles. The van der Waals surface area contributed by atoms with Crippen molar-refractivity contribution in [3.8, 4) is 5.75 Å². The van der Waals surface area contributed by atoms with Gasteiger partial charge in [-0.15, -0.1) is 0 Å². The molecule has 0 aliphatic rings. The first-order chi connectivity index (χ1) is 8.69. The molecule has 0 aromatic heterocycles. The zero-order chi connectivity index (χ0) is 13.4. The molecule has 0 heterocycles. The van der Waals surface area contributed by atoms with Crippen LogP contribution in [0.15, 0.2) is 24.3 Å². The maximum Gasteiger partial charge on any atom is 0.332 e. The van der Waals surface area contributed by atoms with Crippen molar-refractivity contribution in [2.75, 3.05) is 13.2 Å². The molecule has 1 rings (SSSR count). The largest absolute Gasteiger partial charge is 0.493 e. The Bertz CT molecular complexity index is 377. The van der Waals surface area contributed by atoms with E-state index in [1.165, 1.54) is 0 Å². The van der Waals surface area contributed by atoms with Gasteiger partial charge in [-0.3, -0.25) is 0 Å². The van der Waals surface area contributed by atoms with Gasteiger partial charge in [0, 0.05) is 18.6 Å². The van der Waals surface area contributed by atoms with E-state index < -0.39 is 12.1 Å². The van der Waals surface area contributed by atoms with Crippen molar-refractivity contribution in [2.24, 2.45) is 0 Å². The highest BCUT2D eigenvalue weighted by atomic mass is 16.5. The molecule has 0 radical (unpaired) electrons. The summed E-state index contributed by atoms with van der Waals surface area (Å²) in [5.74, 6) is -0.420. The molecule has 0 aliphatic carbocycles. The van der Waals surface area contributed by atoms with Crippen LogP contribution in [0.25, 0.3) is 0 Å². The molecular weight excluding hydrogens is 236 g/mol. The second kappa shape index (κ2) is 7.68. The van der Waals surface area contributed by atoms with Crippen LogP contribution in [-0.4, -0.2) is 35.5 Å². The minimum atomic E-state index is -0.990. The maximum absolute atomic E-state index is 10.8. The lowest BCUT2D eigenvalue weighted by atomic mass is 10.2. The van der Waals surface area contributed by atoms with Crippen molar-refractivity contribution in [1.29, 1.82) is 0 Å². The van der Waals surface area contributed by atoms with Gasteiger partial charge in [0.25, 0.3) is 0 Å². The lowest BCUT2D eigenvalue weighted by Gasteiger charge is -2.14. The standard InChI is InChI=1S/C13H18O5/c1-2-17-12(13(15)16)7-8-18-11-6-4-3-5-10(11)9-14/h3-6,12,14H,2,7-9H2,1H3,(H,15,16). The van der Waals surface area contributed by atoms with Gasteiger partial charge in [0.15, 0.2) is 6.10 Å². The van der Waals surface area contributed by atoms with Crippen LogP contribution in [0.2, 0.25) is 0 Å². The second-order valence-electron chi connectivity index (χ2n) is 3.69. The molecule has 18 heavy (non-hydrogen) atoms. The van der Waals surface area contributed by atoms with Crippen LogP contribution in [0.4, 0.5) is 0 Å². The second-order valence-corrected chi connectivity index (χ2v) is 3.69. The third-order valence-electron chi connectivity index (χ3n) is 2.42. The van der Waals surface area contributed by atoms with Gasteiger partial charge in [0.05, 0.1) is 13.2 Å². The average molecular weight is 254 g/mol. The molecule has 0 aliphatic heterocycles. The van der Waals surface area contributed by atoms with E-state index in [9.17, 15) is 4.79 Å². The monoisotopic (exact) mass is 254 g/mol. The average Bonchev–Trinajstić information content (AvgIpc) is 2.38. The quantitative estimate of drug-likeness (QED) is 0.734. The van der Waals surface area contributed by atoms with Crippen molar-refractivity contribution in [1.82, 2.24) is 0 Å². The minimum absolute atomic E-state index is 0.107. The molecule has 0 saturated carbocycles. The number of carboxylic acid groups (broad SMARTS) is 1. The van der Waals surface area contributed by atoms with Crippen LogP contribution in [0, 0.1) is 0 Å². The topological polar surface area (TPSA) is 76.0 Å². The van der Waals surface area contributed by atoms with Crippen LogP contribution < -0.4 is 4.74 Å². The van der Waals surface area contributed by atoms with E-state index in [1.807, 2.05) is 0 Å². The van der Waals surface area contributed by atoms with E-state index >= 15 is 0 Å². The Morgan fingerprint density at radius 2 is 2.11 bits per heavy atom. The first-order valence-corrected chi connectivity index (χ1v) is 5.85. The summed E-state index contributed by atoms with van der Waals surface area (Å²) in [7, 11) is 0. The molecule has 1 aromatic carbocycles. The predicted octanol–water partition coefficient (Wildman–Crippen LogP) is 1.44. The summed E-state index contributed by atoms with van der Waals surface area (Å²) in [6.07, 6.45) is -0.584. The van der Waals surface area contributed by atoms with E-state index in [0.29, 0.717) is 17.9 Å². The molecule has 0 fully saturated rings. The van der Waals surface area contributed by atoms with Crippen molar-refractivity contribution >= 4 is 5.97 Å². The Morgan fingerprint density at radius 3 is 2.72 bits per heavy atom. The molecule has 0 amide bonds. The third-order valence-corrected chi connectivity index (χ3v) is 2.42. The van der Waals surface area contributed by atoms with Gasteiger partial charge in [-0.1, -0.05) is 18.2 Å². The van der Waals surface area contributed by atoms with Crippen LogP contribution in [-0.2, 0) is 16.1 Å². The van der Waals surface area contributed by atoms with Crippen molar-refractivity contribution in [3.63, 3.8) is 0 Å². The molecule has 1 aromatic rings. The maximum atomic E-state index is 10.8. The van der Waals surface area contributed by atoms with Gasteiger partial charge >= 0.3 is 5.97 Å². The highest BCUT2D eigenvalue weighted by molar-refractivity contribution is 5.72. The number of carboxylic acids is 1. The van der Waals surface area contributed by atoms with Crippen molar-refractivity contribution < 1.29 is 24.5 Å². The fourth-order valence-electron chi connectivity index (χ4n) is 1.53. The Balaban J connectivity index is 2.47. The smallest absolute Gasteiger partial charge is 0.332 e. The zero-order valence-electron chi connectivity index (χ0n) is 10.3. The first-order valence-electron chi connectivity index (χ1n) is 5.85. The lowest BCUT2D eigenvalue weighted by molar-refractivity contribution is -0.150. The van der Waals surface area contributed by atoms with Crippen LogP contribution in [0.5, 0.6) is 5.75 Å². The molecule has 5 heteroatoms. The van der Waals surface area contributed by atoms with Crippen molar-refractivity contribution in [3.05, 3.63) is 29.8 Å². The van der Waals surface area contributed by atoms with Gasteiger partial charge < -0.3 is 19.7 Å². The highest BCUT2D eigenvalue weighted by Gasteiger charge is 2.17. The summed E-state index contributed by atoms with van der Waals surface area (Å²) < 4.78 is 10.5. The summed E-state index contributed by atoms with van der Waals surface area (Å²) in [5, 5.41) is 18.0. The molecule has 100 valence electrons. The molecule has 0 bridgehead atoms.